The van der Waals surface area contributed by atoms with Gasteiger partial charge in [0.25, 0.3) is 64.8 Å². The van der Waals surface area contributed by atoms with Crippen molar-refractivity contribution in [2.24, 2.45) is 71.0 Å². The number of fused-ring (bicyclic) bond motifs is 5. The summed E-state index contributed by atoms with van der Waals surface area (Å²) in [7, 11) is 0. The van der Waals surface area contributed by atoms with Gasteiger partial charge in [-0.2, -0.15) is 0 Å². The summed E-state index contributed by atoms with van der Waals surface area (Å²) in [6.07, 6.45) is 27.2. The Balaban J connectivity index is 0.0000000998. The van der Waals surface area contributed by atoms with Crippen LogP contribution in [0.2, 0.25) is 10.0 Å². The number of aliphatic hydroxyl groups excluding tert-OH is 5. The minimum Gasteiger partial charge on any atom is -0.509 e. The number of hydrogen-bond donors (Lipinski definition) is 10. The highest BCUT2D eigenvalue weighted by Crippen LogP contribution is 2.63. The summed E-state index contributed by atoms with van der Waals surface area (Å²) in [6.45, 7) is 1.78. The van der Waals surface area contributed by atoms with Gasteiger partial charge in [-0.05, 0) is 327 Å². The predicted molar refractivity (Wildman–Crippen MR) is 562 cm³/mol. The summed E-state index contributed by atoms with van der Waals surface area (Å²) in [4.78, 5) is 150. The van der Waals surface area contributed by atoms with Crippen molar-refractivity contribution < 1.29 is 91.6 Å². The van der Waals surface area contributed by atoms with Crippen molar-refractivity contribution in [3.8, 4) is 0 Å². The van der Waals surface area contributed by atoms with Crippen LogP contribution in [-0.4, -0.2) is 195 Å². The number of carbonyl (C=O) groups is 10. The molecule has 32 rings (SSSR count). The quantitative estimate of drug-likeness (QED) is 0.0244. The fourth-order valence-electron chi connectivity index (χ4n) is 31.7. The minimum atomic E-state index is -0.662. The van der Waals surface area contributed by atoms with Crippen molar-refractivity contribution in [2.75, 3.05) is 34.1 Å². The van der Waals surface area contributed by atoms with Crippen LogP contribution in [0.5, 0.6) is 0 Å². The Kier molecular flexibility index (Phi) is 26.3. The van der Waals surface area contributed by atoms with E-state index >= 15 is 0 Å². The van der Waals surface area contributed by atoms with Crippen LogP contribution < -0.4 is 26.6 Å². The second-order valence-corrected chi connectivity index (χ2v) is 52.8. The number of aryl methyl sites for hydroxylation is 1. The van der Waals surface area contributed by atoms with Gasteiger partial charge in [-0.1, -0.05) is 83.9 Å². The molecule has 38 heteroatoms. The van der Waals surface area contributed by atoms with Gasteiger partial charge in [0.1, 0.15) is 131 Å². The fourth-order valence-corrected chi connectivity index (χ4v) is 39.5. The first-order chi connectivity index (χ1) is 72.0. The van der Waals surface area contributed by atoms with Crippen LogP contribution in [0, 0.1) is 106 Å². The SMILES string of the molecule is Cc1cc(Cl)ccc1NC(=O)C1=C(O)C2CS[C@@H](c3ccc(F)cc3)N2C1=O.O=C(NC12CC3CC(CC(C3)C1)C2)C1=C(O)C2CS[C@@H](c3ccc(F)cc3)N2C1=O.O=C(NC12CC3CC(CC(C3)C1)C2)C1=C(O)C2CS[C@@H](c3ccc(F)cc3Cl)N2C1=O.O=C(NC12CC3CC(CC(C3)C1)C2)C1=C(O)C2CS[C@@H](c3ccc([N+](=O)[O-])cc3)N2C1=O.O=C(NC12CC3CC(CC(C3)C1)C2)C1=C(O)C2CS[C@@H](c3ccccc3)N2C1=O. The molecule has 10 heterocycles. The van der Waals surface area contributed by atoms with Crippen molar-refractivity contribution in [3.05, 3.63) is 267 Å². The van der Waals surface area contributed by atoms with Gasteiger partial charge in [-0.3, -0.25) is 58.1 Å². The van der Waals surface area contributed by atoms with E-state index in [1.54, 1.807) is 94.0 Å². The lowest BCUT2D eigenvalue weighted by molar-refractivity contribution is -0.384. The summed E-state index contributed by atoms with van der Waals surface area (Å²) in [5.41, 5.74) is 3.68. The number of anilines is 1. The third kappa shape index (κ3) is 18.2. The number of halogens is 5. The summed E-state index contributed by atoms with van der Waals surface area (Å²) in [5, 5.41) is 79.4. The lowest BCUT2D eigenvalue weighted by atomic mass is 9.53. The van der Waals surface area contributed by atoms with E-state index in [4.69, 9.17) is 23.2 Å². The van der Waals surface area contributed by atoms with E-state index in [0.29, 0.717) is 116 Å². The second kappa shape index (κ2) is 39.0. The Hall–Kier alpha value is -10.8. The Bertz CT molecular complexity index is 6680. The van der Waals surface area contributed by atoms with Crippen LogP contribution in [0.15, 0.2) is 196 Å². The first kappa shape index (κ1) is 101. The molecule has 10 amide bonds. The molecule has 6 aromatic rings. The minimum absolute atomic E-state index is 0.0161. The zero-order valence-electron chi connectivity index (χ0n) is 82.2. The number of nitro groups is 1. The maximum Gasteiger partial charge on any atom is 0.269 e. The average molecular weight is 2180 g/mol. The molecule has 786 valence electrons. The normalized spacial score (nSPS) is 35.3. The predicted octanol–water partition coefficient (Wildman–Crippen LogP) is 19.2. The molecule has 0 radical (unpaired) electrons. The monoisotopic (exact) mass is 2170 g/mol. The third-order valence-electron chi connectivity index (χ3n) is 36.4. The summed E-state index contributed by atoms with van der Waals surface area (Å²) < 4.78 is 40.0. The molecule has 150 heavy (non-hydrogen) atoms. The molecule has 5 unspecified atom stereocenters. The first-order valence-electron chi connectivity index (χ1n) is 52.5. The van der Waals surface area contributed by atoms with E-state index in [-0.39, 0.29) is 134 Å². The van der Waals surface area contributed by atoms with Crippen LogP contribution in [0.1, 0.15) is 214 Å². The molecule has 10 aliphatic heterocycles. The van der Waals surface area contributed by atoms with Crippen molar-refractivity contribution in [2.45, 2.75) is 240 Å². The van der Waals surface area contributed by atoms with Gasteiger partial charge in [-0.15, -0.1) is 58.8 Å². The second-order valence-electron chi connectivity index (χ2n) is 46.4. The number of benzene rings is 6. The molecule has 16 bridgehead atoms. The van der Waals surface area contributed by atoms with Gasteiger partial charge in [-0.25, -0.2) is 13.2 Å². The lowest BCUT2D eigenvalue weighted by Gasteiger charge is -2.56. The Morgan fingerprint density at radius 1 is 0.340 bits per heavy atom. The first-order valence-corrected chi connectivity index (χ1v) is 58.5. The van der Waals surface area contributed by atoms with Crippen LogP contribution in [0.3, 0.4) is 0 Å². The number of amides is 10. The van der Waals surface area contributed by atoms with Gasteiger partial charge in [0.05, 0.1) is 4.92 Å². The summed E-state index contributed by atoms with van der Waals surface area (Å²) in [5.74, 6) is 4.33. The summed E-state index contributed by atoms with van der Waals surface area (Å²) in [6, 6.07) is 34.4. The number of nitrogens with zero attached hydrogens (tertiary/aromatic N) is 6. The lowest BCUT2D eigenvalue weighted by Crippen LogP contribution is -2.60. The molecule has 28 nitrogen and oxygen atoms in total. The average Bonchev–Trinajstić information content (AvgIpc) is 0.860. The molecule has 16 saturated carbocycles. The van der Waals surface area contributed by atoms with E-state index in [0.717, 1.165) is 105 Å². The van der Waals surface area contributed by atoms with Crippen molar-refractivity contribution in [1.82, 2.24) is 45.8 Å². The summed E-state index contributed by atoms with van der Waals surface area (Å²) >= 11 is 19.7. The molecule has 0 aromatic heterocycles. The van der Waals surface area contributed by atoms with E-state index < -0.39 is 93.6 Å². The zero-order chi connectivity index (χ0) is 104. The number of nitro benzene ring substituents is 1. The number of non-ortho nitro benzene ring substituents is 1. The van der Waals surface area contributed by atoms with Crippen molar-refractivity contribution in [3.63, 3.8) is 0 Å². The van der Waals surface area contributed by atoms with Crippen molar-refractivity contribution >= 4 is 152 Å². The zero-order valence-corrected chi connectivity index (χ0v) is 87.8. The fraction of sp³-hybridized carbons (Fsp3) is 0.500. The molecule has 6 aromatic carbocycles. The van der Waals surface area contributed by atoms with E-state index in [9.17, 15) is 96.8 Å². The topological polar surface area (TPSA) is 391 Å². The Labute approximate surface area is 895 Å². The number of rotatable bonds is 16. The molecule has 0 spiro atoms. The highest BCUT2D eigenvalue weighted by atomic mass is 35.5. The van der Waals surface area contributed by atoms with Crippen LogP contribution in [0.25, 0.3) is 0 Å². The maximum atomic E-state index is 13.5. The molecule has 5 saturated heterocycles. The standard InChI is InChI=1S/C23H24ClFN2O3S.C23H25FN2O3S.C23H25N3O5S.C23H26N2O3S.C20H16ClFN2O3S/c24-16-6-14(25)1-2-15(16)22-27-17(10-31-22)19(28)18(21(27)30)20(29)26-23-7-11-3-12(8-23)5-13(4-11)9-23;24-16-3-1-15(2-4-16)22-26-17(11-30-22)19(27)18(21(26)29)20(28)25-23-8-12-5-13(9-23)7-14(6-12)10-23;27-19-17-11-32-22(15-1-3-16(4-2-15)26(30)31)25(17)21(29)18(19)20(28)24-23-8-12-5-13(9-23)7-14(6-12)10-23;26-19-17-12-29-22(16-4-2-1-3-5-16)25(17)21(28)18(19)20(27)24-23-9-13-6-14(10-23)8-15(7-13)11-23;1-10-8-12(21)4-7-14(10)23-18(26)16-17(25)15-9-28-20(24(15)19(16)27)11-2-5-13(22)6-3-11/h1-2,6,11-13,17,22,28H,3-5,7-10H2,(H,26,29);1-4,12-14,17,22,27H,5-11H2,(H,25,28);1-4,12-14,17,22,27H,5-11H2,(H,24,28);1-5,13-15,17,22,26H,6-12H2,(H,24,27);2-8,15,20,25H,9H2,1H3,(H,23,26)/t11?,12?,13?,17?,22-,23?;2*12?,13?,14?,17?,22-,23?;13?,14?,15?,17?,22-,23?;15?,20-/m00000/s1. The molecule has 26 aliphatic rings. The van der Waals surface area contributed by atoms with Gasteiger partial charge >= 0.3 is 0 Å². The molecule has 21 fully saturated rings. The highest BCUT2D eigenvalue weighted by Gasteiger charge is 2.63. The van der Waals surface area contributed by atoms with Crippen molar-refractivity contribution in [1.29, 1.82) is 0 Å². The molecule has 10 atom stereocenters. The number of nitrogens with one attached hydrogen (secondary N) is 5. The molecular formula is C112H116Cl2F3N11O17S5. The maximum absolute atomic E-state index is 13.5. The van der Waals surface area contributed by atoms with Crippen LogP contribution in [-0.2, 0) is 47.9 Å². The smallest absolute Gasteiger partial charge is 0.269 e. The number of hydrogen-bond acceptors (Lipinski definition) is 22. The van der Waals surface area contributed by atoms with E-state index in [2.05, 4.69) is 26.6 Å². The number of carbonyl (C=O) groups excluding carboxylic acids is 10. The molecule has 16 aliphatic carbocycles. The van der Waals surface area contributed by atoms with Gasteiger partial charge < -0.3 is 76.6 Å². The van der Waals surface area contributed by atoms with Gasteiger partial charge in [0.2, 0.25) is 0 Å². The molecule has 10 N–H and O–H groups in total. The Morgan fingerprint density at radius 2 is 0.593 bits per heavy atom. The van der Waals surface area contributed by atoms with Crippen LogP contribution in [0.4, 0.5) is 24.5 Å². The highest BCUT2D eigenvalue weighted by molar-refractivity contribution is 8.00. The van der Waals surface area contributed by atoms with Gasteiger partial charge in [0, 0.05) is 84.3 Å². The largest absolute Gasteiger partial charge is 0.509 e. The van der Waals surface area contributed by atoms with E-state index in [1.807, 2.05) is 30.3 Å². The number of thioether (sulfide) groups is 5. The Morgan fingerprint density at radius 3 is 0.867 bits per heavy atom. The third-order valence-corrected chi connectivity index (χ3v) is 43.5. The number of aliphatic hydroxyl groups is 5. The van der Waals surface area contributed by atoms with E-state index in [1.165, 1.54) is 182 Å². The molecular weight excluding hydrogens is 2060 g/mol. The van der Waals surface area contributed by atoms with Gasteiger partial charge in [0.15, 0.2) is 0 Å². The van der Waals surface area contributed by atoms with Crippen LogP contribution >= 0.6 is 82.0 Å².